The molecule has 1 rings (SSSR count). The molecule has 0 spiro atoms. The Kier molecular flexibility index (Phi) is 2.21. The van der Waals surface area contributed by atoms with E-state index in [-0.39, 0.29) is 10.4 Å². The number of nitrogens with zero attached hydrogens (tertiary/aromatic N) is 1. The van der Waals surface area contributed by atoms with Crippen LogP contribution in [0.1, 0.15) is 5.69 Å². The highest BCUT2D eigenvalue weighted by atomic mass is 32.2. The van der Waals surface area contributed by atoms with Crippen LogP contribution in [-0.2, 0) is 10.0 Å². The number of primary sulfonamides is 1. The van der Waals surface area contributed by atoms with Crippen molar-refractivity contribution in [1.82, 2.24) is 4.98 Å². The van der Waals surface area contributed by atoms with Crippen LogP contribution >= 0.6 is 0 Å². The summed E-state index contributed by atoms with van der Waals surface area (Å²) in [6.45, 7) is 1.55. The summed E-state index contributed by atoms with van der Waals surface area (Å²) in [6, 6.07) is 1.29. The monoisotopic (exact) mass is 182 g/mol. The van der Waals surface area contributed by atoms with Crippen LogP contribution < -0.4 is 10.6 Å². The van der Waals surface area contributed by atoms with Gasteiger partial charge in [-0.3, -0.25) is 4.98 Å². The van der Waals surface area contributed by atoms with Gasteiger partial charge in [0.25, 0.3) is 0 Å². The molecule has 0 aliphatic heterocycles. The van der Waals surface area contributed by atoms with Crippen LogP contribution in [-0.4, -0.2) is 21.2 Å². The minimum atomic E-state index is -3.70. The molecule has 62 valence electrons. The highest BCUT2D eigenvalue weighted by molar-refractivity contribution is 7.89. The van der Waals surface area contributed by atoms with Crippen LogP contribution in [0.25, 0.3) is 0 Å². The van der Waals surface area contributed by atoms with Crippen LogP contribution in [0.15, 0.2) is 17.2 Å². The summed E-state index contributed by atoms with van der Waals surface area (Å²) in [7, 11) is 1.64. The van der Waals surface area contributed by atoms with Crippen molar-refractivity contribution in [1.29, 1.82) is 0 Å². The maximum absolute atomic E-state index is 10.9. The third-order valence-electron chi connectivity index (χ3n) is 1.37. The van der Waals surface area contributed by atoms with Crippen molar-refractivity contribution in [2.45, 2.75) is 11.8 Å². The lowest BCUT2D eigenvalue weighted by Gasteiger charge is -2.02. The number of nitrogens with two attached hydrogens (primary N) is 1. The summed E-state index contributed by atoms with van der Waals surface area (Å²) < 4.78 is 21.8. The lowest BCUT2D eigenvalue weighted by molar-refractivity contribution is 0.596. The number of aromatic nitrogens is 1. The number of pyridine rings is 1. The van der Waals surface area contributed by atoms with E-state index in [0.29, 0.717) is 5.69 Å². The largest absolute Gasteiger partial charge is 0.261 e. The van der Waals surface area contributed by atoms with E-state index in [9.17, 15) is 8.42 Å². The molecule has 0 saturated heterocycles. The standard InChI is InChI=1S/C6H7BN2O2S/c1-4-6(12(8,10)11)2-5(7)3-9-4/h2-3H,1H3,(H2,8,10,11). The zero-order chi connectivity index (χ0) is 9.35. The lowest BCUT2D eigenvalue weighted by Crippen LogP contribution is -2.17. The molecule has 0 fully saturated rings. The van der Waals surface area contributed by atoms with Crippen molar-refractivity contribution in [2.75, 3.05) is 0 Å². The Morgan fingerprint density at radius 3 is 2.58 bits per heavy atom. The molecule has 1 aromatic heterocycles. The first-order valence-corrected chi connectivity index (χ1v) is 4.71. The van der Waals surface area contributed by atoms with Gasteiger partial charge in [0, 0.05) is 6.20 Å². The molecule has 0 amide bonds. The molecule has 1 heterocycles. The number of hydrogen-bond acceptors (Lipinski definition) is 3. The molecule has 0 atom stereocenters. The Balaban J connectivity index is 3.43. The average molecular weight is 182 g/mol. The quantitative estimate of drug-likeness (QED) is 0.556. The summed E-state index contributed by atoms with van der Waals surface area (Å²) in [6.07, 6.45) is 1.38. The first-order valence-electron chi connectivity index (χ1n) is 3.16. The number of aryl methyl sites for hydroxylation is 1. The highest BCUT2D eigenvalue weighted by Gasteiger charge is 2.11. The van der Waals surface area contributed by atoms with E-state index in [2.05, 4.69) is 4.98 Å². The summed E-state index contributed by atoms with van der Waals surface area (Å²) in [5.41, 5.74) is 0.635. The van der Waals surface area contributed by atoms with Gasteiger partial charge in [-0.1, -0.05) is 5.46 Å². The molecule has 4 nitrogen and oxygen atoms in total. The second kappa shape index (κ2) is 2.87. The summed E-state index contributed by atoms with van der Waals surface area (Å²) in [5, 5.41) is 4.90. The fraction of sp³-hybridized carbons (Fsp3) is 0.167. The van der Waals surface area contributed by atoms with Gasteiger partial charge in [-0.05, 0) is 13.0 Å². The summed E-state index contributed by atoms with van der Waals surface area (Å²) >= 11 is 0. The Labute approximate surface area is 72.3 Å². The third kappa shape index (κ3) is 1.83. The van der Waals surface area contributed by atoms with E-state index in [1.54, 1.807) is 6.92 Å². The fourth-order valence-electron chi connectivity index (χ4n) is 0.816. The van der Waals surface area contributed by atoms with Crippen LogP contribution in [0.3, 0.4) is 0 Å². The van der Waals surface area contributed by atoms with Crippen molar-refractivity contribution < 1.29 is 8.42 Å². The molecule has 0 saturated carbocycles. The van der Waals surface area contributed by atoms with E-state index in [4.69, 9.17) is 13.0 Å². The van der Waals surface area contributed by atoms with E-state index in [1.807, 2.05) is 0 Å². The van der Waals surface area contributed by atoms with Crippen LogP contribution in [0, 0.1) is 6.92 Å². The molecular weight excluding hydrogens is 175 g/mol. The number of rotatable bonds is 1. The number of sulfonamides is 1. The van der Waals surface area contributed by atoms with E-state index in [0.717, 1.165) is 0 Å². The molecule has 12 heavy (non-hydrogen) atoms. The van der Waals surface area contributed by atoms with Crippen LogP contribution in [0.5, 0.6) is 0 Å². The Morgan fingerprint density at radius 2 is 2.17 bits per heavy atom. The average Bonchev–Trinajstić information content (AvgIpc) is 1.92. The first-order chi connectivity index (χ1) is 5.41. The van der Waals surface area contributed by atoms with Crippen molar-refractivity contribution in [2.24, 2.45) is 5.14 Å². The lowest BCUT2D eigenvalue weighted by atomic mass is 9.99. The Bertz CT molecular complexity index is 402. The molecule has 0 aromatic carbocycles. The van der Waals surface area contributed by atoms with Crippen molar-refractivity contribution in [3.8, 4) is 0 Å². The maximum Gasteiger partial charge on any atom is 0.239 e. The van der Waals surface area contributed by atoms with Gasteiger partial charge in [-0.2, -0.15) is 0 Å². The van der Waals surface area contributed by atoms with Crippen molar-refractivity contribution in [3.63, 3.8) is 0 Å². The molecule has 0 aliphatic rings. The summed E-state index contributed by atoms with van der Waals surface area (Å²) in [5.74, 6) is 0. The minimum Gasteiger partial charge on any atom is -0.261 e. The third-order valence-corrected chi connectivity index (χ3v) is 2.39. The zero-order valence-electron chi connectivity index (χ0n) is 6.48. The van der Waals surface area contributed by atoms with Gasteiger partial charge >= 0.3 is 0 Å². The molecular formula is C6H7BN2O2S. The normalized spacial score (nSPS) is 11.5. The predicted octanol–water partition coefficient (Wildman–Crippen LogP) is -1.17. The van der Waals surface area contributed by atoms with Crippen molar-refractivity contribution >= 4 is 23.3 Å². The highest BCUT2D eigenvalue weighted by Crippen LogP contribution is 2.06. The van der Waals surface area contributed by atoms with Gasteiger partial charge in [0.05, 0.1) is 5.69 Å². The summed E-state index contributed by atoms with van der Waals surface area (Å²) in [4.78, 5) is 3.74. The van der Waals surface area contributed by atoms with Gasteiger partial charge in [0.2, 0.25) is 10.0 Å². The molecule has 1 aromatic rings. The van der Waals surface area contributed by atoms with Gasteiger partial charge in [-0.25, -0.2) is 13.6 Å². The topological polar surface area (TPSA) is 73.0 Å². The fourth-order valence-corrected chi connectivity index (χ4v) is 1.58. The molecule has 2 radical (unpaired) electrons. The van der Waals surface area contributed by atoms with Gasteiger partial charge in [-0.15, -0.1) is 0 Å². The van der Waals surface area contributed by atoms with Crippen LogP contribution in [0.4, 0.5) is 0 Å². The minimum absolute atomic E-state index is 0.0255. The SMILES string of the molecule is [B]c1cnc(C)c(S(N)(=O)=O)c1. The molecule has 0 unspecified atom stereocenters. The van der Waals surface area contributed by atoms with Gasteiger partial charge < -0.3 is 0 Å². The van der Waals surface area contributed by atoms with E-state index >= 15 is 0 Å². The maximum atomic E-state index is 10.9. The number of hydrogen-bond donors (Lipinski definition) is 1. The second-order valence-corrected chi connectivity index (χ2v) is 3.93. The Morgan fingerprint density at radius 1 is 1.58 bits per heavy atom. The van der Waals surface area contributed by atoms with Crippen molar-refractivity contribution in [3.05, 3.63) is 18.0 Å². The molecule has 0 aliphatic carbocycles. The second-order valence-electron chi connectivity index (χ2n) is 2.40. The molecule has 2 N–H and O–H groups in total. The first kappa shape index (κ1) is 9.21. The Hall–Kier alpha value is -0.875. The van der Waals surface area contributed by atoms with E-state index < -0.39 is 10.0 Å². The molecule has 6 heteroatoms. The predicted molar refractivity (Wildman–Crippen MR) is 45.7 cm³/mol. The van der Waals surface area contributed by atoms with Crippen LogP contribution in [0.2, 0.25) is 0 Å². The van der Waals surface area contributed by atoms with Gasteiger partial charge in [0.15, 0.2) is 0 Å². The van der Waals surface area contributed by atoms with Gasteiger partial charge in [0.1, 0.15) is 12.7 Å². The smallest absolute Gasteiger partial charge is 0.239 e. The van der Waals surface area contributed by atoms with E-state index in [1.165, 1.54) is 12.3 Å². The zero-order valence-corrected chi connectivity index (χ0v) is 7.30. The molecule has 0 bridgehead atoms.